The Morgan fingerprint density at radius 3 is 2.52 bits per heavy atom. The molecule has 0 fully saturated rings. The normalized spacial score (nSPS) is 11.4. The van der Waals surface area contributed by atoms with Crippen molar-refractivity contribution in [1.29, 1.82) is 0 Å². The van der Waals surface area contributed by atoms with E-state index >= 15 is 0 Å². The molecule has 112 valence electrons. The van der Waals surface area contributed by atoms with E-state index in [4.69, 9.17) is 16.7 Å². The number of nitrogens with zero attached hydrogens (tertiary/aromatic N) is 1. The molecule has 1 heterocycles. The number of anilines is 1. The zero-order valence-electron chi connectivity index (χ0n) is 10.6. The Labute approximate surface area is 129 Å². The van der Waals surface area contributed by atoms with Crippen LogP contribution in [0.5, 0.6) is 0 Å². The van der Waals surface area contributed by atoms with E-state index in [9.17, 15) is 17.6 Å². The van der Waals surface area contributed by atoms with Gasteiger partial charge in [0.15, 0.2) is 0 Å². The summed E-state index contributed by atoms with van der Waals surface area (Å²) in [4.78, 5) is 10.7. The summed E-state index contributed by atoms with van der Waals surface area (Å²) in [6.45, 7) is 0. The molecule has 0 spiro atoms. The minimum atomic E-state index is -4.03. The van der Waals surface area contributed by atoms with Gasteiger partial charge in [0.05, 0.1) is 5.69 Å². The number of carboxylic acid groups (broad SMARTS) is 1. The van der Waals surface area contributed by atoms with Crippen molar-refractivity contribution in [3.8, 4) is 0 Å². The second-order valence-electron chi connectivity index (χ2n) is 3.99. The molecule has 2 rings (SSSR count). The SMILES string of the molecule is CN(c1ccc(Cl)cc1F)S(=O)(=O)c1ccc(C(=O)O)s1. The number of carboxylic acids is 1. The van der Waals surface area contributed by atoms with Gasteiger partial charge in [-0.2, -0.15) is 0 Å². The van der Waals surface area contributed by atoms with Gasteiger partial charge in [0.25, 0.3) is 10.0 Å². The molecule has 1 aromatic carbocycles. The van der Waals surface area contributed by atoms with Gasteiger partial charge in [-0.05, 0) is 30.3 Å². The van der Waals surface area contributed by atoms with Crippen molar-refractivity contribution < 1.29 is 22.7 Å². The van der Waals surface area contributed by atoms with Crippen LogP contribution in [0.2, 0.25) is 5.02 Å². The van der Waals surface area contributed by atoms with Crippen LogP contribution < -0.4 is 4.31 Å². The average molecular weight is 350 g/mol. The lowest BCUT2D eigenvalue weighted by molar-refractivity contribution is 0.0702. The fourth-order valence-corrected chi connectivity index (χ4v) is 4.25. The van der Waals surface area contributed by atoms with E-state index in [1.165, 1.54) is 31.3 Å². The van der Waals surface area contributed by atoms with Crippen molar-refractivity contribution in [3.63, 3.8) is 0 Å². The van der Waals surface area contributed by atoms with E-state index in [2.05, 4.69) is 0 Å². The first kappa shape index (κ1) is 15.7. The lowest BCUT2D eigenvalue weighted by Crippen LogP contribution is -2.26. The van der Waals surface area contributed by atoms with Crippen LogP contribution in [0.1, 0.15) is 9.67 Å². The Balaban J connectivity index is 2.44. The number of aromatic carboxylic acids is 1. The minimum absolute atomic E-state index is 0.112. The molecule has 0 aliphatic heterocycles. The topological polar surface area (TPSA) is 74.7 Å². The van der Waals surface area contributed by atoms with Gasteiger partial charge in [0.1, 0.15) is 14.9 Å². The van der Waals surface area contributed by atoms with Crippen LogP contribution in [0.15, 0.2) is 34.5 Å². The molecule has 2 aromatic rings. The fraction of sp³-hybridized carbons (Fsp3) is 0.0833. The molecule has 0 bridgehead atoms. The molecule has 1 N–H and O–H groups in total. The molecule has 21 heavy (non-hydrogen) atoms. The first-order chi connectivity index (χ1) is 9.73. The summed E-state index contributed by atoms with van der Waals surface area (Å²) in [6, 6.07) is 5.96. The Hall–Kier alpha value is -1.64. The van der Waals surface area contributed by atoms with E-state index in [0.717, 1.165) is 10.4 Å². The molecule has 0 unspecified atom stereocenters. The molecule has 1 aromatic heterocycles. The zero-order chi connectivity index (χ0) is 15.8. The van der Waals surface area contributed by atoms with Crippen molar-refractivity contribution in [1.82, 2.24) is 0 Å². The van der Waals surface area contributed by atoms with Gasteiger partial charge in [-0.25, -0.2) is 17.6 Å². The van der Waals surface area contributed by atoms with Gasteiger partial charge < -0.3 is 5.11 Å². The molecule has 0 radical (unpaired) electrons. The van der Waals surface area contributed by atoms with Crippen LogP contribution in [-0.4, -0.2) is 26.5 Å². The lowest BCUT2D eigenvalue weighted by Gasteiger charge is -2.19. The monoisotopic (exact) mass is 349 g/mol. The Bertz CT molecular complexity index is 803. The van der Waals surface area contributed by atoms with Crippen molar-refractivity contribution in [2.75, 3.05) is 11.4 Å². The molecule has 0 saturated heterocycles. The Morgan fingerprint density at radius 2 is 2.00 bits per heavy atom. The molecule has 5 nitrogen and oxygen atoms in total. The maximum absolute atomic E-state index is 13.8. The standard InChI is InChI=1S/C12H9ClFNO4S2/c1-15(9-3-2-7(13)6-8(9)14)21(18,19)11-5-4-10(20-11)12(16)17/h2-6H,1H3,(H,16,17). The van der Waals surface area contributed by atoms with Crippen LogP contribution in [0.3, 0.4) is 0 Å². The van der Waals surface area contributed by atoms with Crippen LogP contribution in [-0.2, 0) is 10.0 Å². The number of carbonyl (C=O) groups is 1. The Morgan fingerprint density at radius 1 is 1.33 bits per heavy atom. The van der Waals surface area contributed by atoms with Gasteiger partial charge in [-0.3, -0.25) is 4.31 Å². The first-order valence-electron chi connectivity index (χ1n) is 5.50. The third kappa shape index (κ3) is 3.02. The summed E-state index contributed by atoms with van der Waals surface area (Å²) in [5.74, 6) is -2.01. The second kappa shape index (κ2) is 5.63. The smallest absolute Gasteiger partial charge is 0.345 e. The van der Waals surface area contributed by atoms with E-state index in [0.29, 0.717) is 11.3 Å². The second-order valence-corrected chi connectivity index (χ2v) is 7.71. The highest BCUT2D eigenvalue weighted by atomic mass is 35.5. The van der Waals surface area contributed by atoms with Gasteiger partial charge in [-0.1, -0.05) is 11.6 Å². The molecule has 0 aliphatic carbocycles. The third-order valence-electron chi connectivity index (χ3n) is 2.66. The summed E-state index contributed by atoms with van der Waals surface area (Å²) >= 11 is 6.22. The highest BCUT2D eigenvalue weighted by molar-refractivity contribution is 7.94. The first-order valence-corrected chi connectivity index (χ1v) is 8.14. The summed E-state index contributed by atoms with van der Waals surface area (Å²) in [7, 11) is -2.85. The van der Waals surface area contributed by atoms with E-state index in [1.54, 1.807) is 0 Å². The maximum atomic E-state index is 13.8. The van der Waals surface area contributed by atoms with Crippen LogP contribution in [0.25, 0.3) is 0 Å². The summed E-state index contributed by atoms with van der Waals surface area (Å²) in [5, 5.41) is 8.97. The quantitative estimate of drug-likeness (QED) is 0.920. The van der Waals surface area contributed by atoms with Crippen LogP contribution in [0, 0.1) is 5.82 Å². The number of sulfonamides is 1. The predicted molar refractivity (Wildman–Crippen MR) is 78.3 cm³/mol. The summed E-state index contributed by atoms with van der Waals surface area (Å²) < 4.78 is 39.1. The third-order valence-corrected chi connectivity index (χ3v) is 6.20. The number of thiophene rings is 1. The van der Waals surface area contributed by atoms with Crippen molar-refractivity contribution in [2.24, 2.45) is 0 Å². The van der Waals surface area contributed by atoms with Crippen molar-refractivity contribution >= 4 is 44.6 Å². The van der Waals surface area contributed by atoms with Gasteiger partial charge >= 0.3 is 5.97 Å². The van der Waals surface area contributed by atoms with Gasteiger partial charge in [0, 0.05) is 12.1 Å². The zero-order valence-corrected chi connectivity index (χ0v) is 13.0. The highest BCUT2D eigenvalue weighted by Crippen LogP contribution is 2.30. The largest absolute Gasteiger partial charge is 0.477 e. The minimum Gasteiger partial charge on any atom is -0.477 e. The number of hydrogen-bond acceptors (Lipinski definition) is 4. The number of halogens is 2. The van der Waals surface area contributed by atoms with Crippen LogP contribution >= 0.6 is 22.9 Å². The van der Waals surface area contributed by atoms with E-state index < -0.39 is 21.8 Å². The number of hydrogen-bond donors (Lipinski definition) is 1. The summed E-state index contributed by atoms with van der Waals surface area (Å²) in [6.07, 6.45) is 0. The molecule has 0 atom stereocenters. The number of benzene rings is 1. The molecule has 0 amide bonds. The van der Waals surface area contributed by atoms with E-state index in [1.807, 2.05) is 0 Å². The molecule has 9 heteroatoms. The van der Waals surface area contributed by atoms with Crippen molar-refractivity contribution in [2.45, 2.75) is 4.21 Å². The average Bonchev–Trinajstić information content (AvgIpc) is 2.88. The molecule has 0 aliphatic rings. The van der Waals surface area contributed by atoms with Gasteiger partial charge in [-0.15, -0.1) is 11.3 Å². The van der Waals surface area contributed by atoms with Gasteiger partial charge in [0.2, 0.25) is 0 Å². The highest BCUT2D eigenvalue weighted by Gasteiger charge is 2.26. The molecule has 0 saturated carbocycles. The molecular formula is C12H9ClFNO4S2. The summed E-state index contributed by atoms with van der Waals surface area (Å²) in [5.41, 5.74) is -0.176. The van der Waals surface area contributed by atoms with Crippen molar-refractivity contribution in [3.05, 3.63) is 46.0 Å². The fourth-order valence-electron chi connectivity index (χ4n) is 1.57. The van der Waals surface area contributed by atoms with E-state index in [-0.39, 0.29) is 19.8 Å². The Kier molecular flexibility index (Phi) is 4.22. The maximum Gasteiger partial charge on any atom is 0.345 e. The molecular weight excluding hydrogens is 341 g/mol. The van der Waals surface area contributed by atoms with Crippen LogP contribution in [0.4, 0.5) is 10.1 Å². The number of rotatable bonds is 4. The lowest BCUT2D eigenvalue weighted by atomic mass is 10.3. The predicted octanol–water partition coefficient (Wildman–Crippen LogP) is 3.06.